The van der Waals surface area contributed by atoms with Crippen LogP contribution in [0.25, 0.3) is 0 Å². The van der Waals surface area contributed by atoms with Crippen LogP contribution >= 0.6 is 0 Å². The highest BCUT2D eigenvalue weighted by atomic mass is 16.3. The molecule has 0 bridgehead atoms. The van der Waals surface area contributed by atoms with E-state index >= 15 is 0 Å². The predicted molar refractivity (Wildman–Crippen MR) is 91.7 cm³/mol. The molecule has 0 spiro atoms. The second-order valence-electron chi connectivity index (χ2n) is 6.31. The molecule has 1 aromatic carbocycles. The molecule has 3 N–H and O–H groups in total. The number of phenolic OH excluding ortho intramolecular Hbond substituents is 3. The molecule has 0 amide bonds. The molecule has 0 saturated carbocycles. The largest absolute Gasteiger partial charge is 0.504 e. The summed E-state index contributed by atoms with van der Waals surface area (Å²) in [6.07, 6.45) is 13.7. The first-order valence-electron chi connectivity index (χ1n) is 8.81. The Morgan fingerprint density at radius 2 is 1.23 bits per heavy atom. The Hall–Kier alpha value is -1.38. The number of aryl methyl sites for hydroxylation is 1. The molecule has 0 radical (unpaired) electrons. The molecule has 0 atom stereocenters. The van der Waals surface area contributed by atoms with Crippen molar-refractivity contribution in [2.45, 2.75) is 84.5 Å². The van der Waals surface area contributed by atoms with Gasteiger partial charge in [-0.2, -0.15) is 0 Å². The molecule has 3 heteroatoms. The first-order chi connectivity index (χ1) is 10.6. The number of phenols is 3. The second kappa shape index (κ2) is 10.4. The molecule has 1 rings (SSSR count). The number of hydrogen-bond donors (Lipinski definition) is 3. The Balaban J connectivity index is 2.15. The molecule has 126 valence electrons. The lowest BCUT2D eigenvalue weighted by molar-refractivity contribution is 0.365. The maximum Gasteiger partial charge on any atom is 0.200 e. The number of unbranched alkanes of at least 4 members (excludes halogenated alkanes) is 9. The van der Waals surface area contributed by atoms with Crippen LogP contribution in [0.4, 0.5) is 0 Å². The van der Waals surface area contributed by atoms with Gasteiger partial charge in [-0.1, -0.05) is 64.7 Å². The van der Waals surface area contributed by atoms with Crippen LogP contribution in [0.15, 0.2) is 6.07 Å². The van der Waals surface area contributed by atoms with Gasteiger partial charge in [-0.3, -0.25) is 0 Å². The third-order valence-electron chi connectivity index (χ3n) is 4.41. The highest BCUT2D eigenvalue weighted by molar-refractivity contribution is 5.56. The number of rotatable bonds is 11. The van der Waals surface area contributed by atoms with Gasteiger partial charge in [0.1, 0.15) is 0 Å². The van der Waals surface area contributed by atoms with E-state index < -0.39 is 5.75 Å². The van der Waals surface area contributed by atoms with Gasteiger partial charge in [0.15, 0.2) is 11.5 Å². The van der Waals surface area contributed by atoms with Crippen LogP contribution in [0.2, 0.25) is 0 Å². The van der Waals surface area contributed by atoms with Gasteiger partial charge in [-0.15, -0.1) is 0 Å². The number of aromatic hydroxyl groups is 3. The Bertz CT molecular complexity index is 441. The lowest BCUT2D eigenvalue weighted by Crippen LogP contribution is -1.92. The summed E-state index contributed by atoms with van der Waals surface area (Å²) < 4.78 is 0. The first kappa shape index (κ1) is 18.7. The molecule has 22 heavy (non-hydrogen) atoms. The van der Waals surface area contributed by atoms with Gasteiger partial charge < -0.3 is 15.3 Å². The number of benzene rings is 1. The summed E-state index contributed by atoms with van der Waals surface area (Å²) in [5, 5.41) is 28.7. The van der Waals surface area contributed by atoms with Crippen molar-refractivity contribution in [1.29, 1.82) is 0 Å². The van der Waals surface area contributed by atoms with Crippen molar-refractivity contribution in [3.8, 4) is 17.2 Å². The fourth-order valence-corrected chi connectivity index (χ4v) is 2.86. The molecule has 0 unspecified atom stereocenters. The van der Waals surface area contributed by atoms with Crippen LogP contribution in [-0.4, -0.2) is 15.3 Å². The average molecular weight is 308 g/mol. The zero-order valence-corrected chi connectivity index (χ0v) is 14.2. The van der Waals surface area contributed by atoms with E-state index in [1.54, 1.807) is 13.0 Å². The minimum Gasteiger partial charge on any atom is -0.504 e. The van der Waals surface area contributed by atoms with Gasteiger partial charge in [0, 0.05) is 0 Å². The van der Waals surface area contributed by atoms with E-state index in [0.717, 1.165) is 18.4 Å². The minimum absolute atomic E-state index is 0.193. The van der Waals surface area contributed by atoms with Crippen LogP contribution in [0.5, 0.6) is 17.2 Å². The van der Waals surface area contributed by atoms with Crippen LogP contribution in [-0.2, 0) is 6.42 Å². The Morgan fingerprint density at radius 3 is 1.77 bits per heavy atom. The molecule has 3 nitrogen and oxygen atoms in total. The molecule has 0 aliphatic rings. The van der Waals surface area contributed by atoms with Crippen molar-refractivity contribution in [2.24, 2.45) is 0 Å². The van der Waals surface area contributed by atoms with E-state index in [0.29, 0.717) is 5.56 Å². The SMILES string of the molecule is CCCCCCCCCCCCc1cc(O)c(O)c(O)c1C. The summed E-state index contributed by atoms with van der Waals surface area (Å²) in [6, 6.07) is 1.57. The van der Waals surface area contributed by atoms with Crippen molar-refractivity contribution >= 4 is 0 Å². The zero-order chi connectivity index (χ0) is 16.4. The lowest BCUT2D eigenvalue weighted by atomic mass is 9.99. The number of hydrogen-bond acceptors (Lipinski definition) is 3. The normalized spacial score (nSPS) is 11.0. The molecule has 0 aliphatic carbocycles. The van der Waals surface area contributed by atoms with Crippen molar-refractivity contribution in [1.82, 2.24) is 0 Å². The lowest BCUT2D eigenvalue weighted by Gasteiger charge is -2.10. The van der Waals surface area contributed by atoms with Gasteiger partial charge in [0.25, 0.3) is 0 Å². The molecule has 1 aromatic rings. The molecule has 0 fully saturated rings. The van der Waals surface area contributed by atoms with E-state index in [1.807, 2.05) is 0 Å². The standard InChI is InChI=1S/C19H32O3/c1-3-4-5-6-7-8-9-10-11-12-13-16-14-17(20)19(22)18(21)15(16)2/h14,20-22H,3-13H2,1-2H3. The van der Waals surface area contributed by atoms with Gasteiger partial charge >= 0.3 is 0 Å². The first-order valence-corrected chi connectivity index (χ1v) is 8.81. The molecular weight excluding hydrogens is 276 g/mol. The average Bonchev–Trinajstić information content (AvgIpc) is 2.51. The van der Waals surface area contributed by atoms with Crippen molar-refractivity contribution < 1.29 is 15.3 Å². The maximum absolute atomic E-state index is 9.72. The summed E-state index contributed by atoms with van der Waals surface area (Å²) in [6.45, 7) is 4.02. The van der Waals surface area contributed by atoms with Gasteiger partial charge in [-0.05, 0) is 37.0 Å². The predicted octanol–water partition coefficient (Wildman–Crippen LogP) is 5.58. The molecule has 0 heterocycles. The van der Waals surface area contributed by atoms with Crippen molar-refractivity contribution in [2.75, 3.05) is 0 Å². The van der Waals surface area contributed by atoms with Crippen LogP contribution in [0.3, 0.4) is 0 Å². The fourth-order valence-electron chi connectivity index (χ4n) is 2.86. The topological polar surface area (TPSA) is 60.7 Å². The van der Waals surface area contributed by atoms with Crippen LogP contribution in [0.1, 0.15) is 82.3 Å². The minimum atomic E-state index is -0.413. The Morgan fingerprint density at radius 1 is 0.727 bits per heavy atom. The van der Waals surface area contributed by atoms with Crippen molar-refractivity contribution in [3.63, 3.8) is 0 Å². The third-order valence-corrected chi connectivity index (χ3v) is 4.41. The summed E-state index contributed by atoms with van der Waals surface area (Å²) >= 11 is 0. The van der Waals surface area contributed by atoms with E-state index in [9.17, 15) is 15.3 Å². The maximum atomic E-state index is 9.72. The monoisotopic (exact) mass is 308 g/mol. The van der Waals surface area contributed by atoms with Crippen molar-refractivity contribution in [3.05, 3.63) is 17.2 Å². The summed E-state index contributed by atoms with van der Waals surface area (Å²) in [7, 11) is 0. The van der Waals surface area contributed by atoms with Crippen LogP contribution in [0, 0.1) is 6.92 Å². The highest BCUT2D eigenvalue weighted by Crippen LogP contribution is 2.39. The Kier molecular flexibility index (Phi) is 8.79. The molecule has 0 saturated heterocycles. The van der Waals surface area contributed by atoms with E-state index in [-0.39, 0.29) is 11.5 Å². The molecular formula is C19H32O3. The second-order valence-corrected chi connectivity index (χ2v) is 6.31. The van der Waals surface area contributed by atoms with Gasteiger partial charge in [0.2, 0.25) is 5.75 Å². The summed E-state index contributed by atoms with van der Waals surface area (Å²) in [5.74, 6) is -0.836. The molecule has 0 aliphatic heterocycles. The summed E-state index contributed by atoms with van der Waals surface area (Å²) in [5.41, 5.74) is 1.60. The van der Waals surface area contributed by atoms with Crippen LogP contribution < -0.4 is 0 Å². The third kappa shape index (κ3) is 6.17. The van der Waals surface area contributed by atoms with Gasteiger partial charge in [-0.25, -0.2) is 0 Å². The van der Waals surface area contributed by atoms with Gasteiger partial charge in [0.05, 0.1) is 0 Å². The van der Waals surface area contributed by atoms with E-state index in [1.165, 1.54) is 57.8 Å². The Labute approximate surface area is 135 Å². The highest BCUT2D eigenvalue weighted by Gasteiger charge is 2.13. The van der Waals surface area contributed by atoms with E-state index in [2.05, 4.69) is 6.92 Å². The smallest absolute Gasteiger partial charge is 0.200 e. The summed E-state index contributed by atoms with van der Waals surface area (Å²) in [4.78, 5) is 0. The fraction of sp³-hybridized carbons (Fsp3) is 0.684. The van der Waals surface area contributed by atoms with E-state index in [4.69, 9.17) is 0 Å². The quantitative estimate of drug-likeness (QED) is 0.369. The zero-order valence-electron chi connectivity index (χ0n) is 14.2. The molecule has 0 aromatic heterocycles.